The van der Waals surface area contributed by atoms with Crippen molar-refractivity contribution in [3.63, 3.8) is 0 Å². The zero-order valence-corrected chi connectivity index (χ0v) is 16.4. The normalized spacial score (nSPS) is 15.9. The van der Waals surface area contributed by atoms with Crippen molar-refractivity contribution in [3.05, 3.63) is 29.8 Å². The van der Waals surface area contributed by atoms with Crippen molar-refractivity contribution in [1.29, 1.82) is 0 Å². The molecule has 1 aliphatic heterocycles. The second-order valence-electron chi connectivity index (χ2n) is 6.94. The van der Waals surface area contributed by atoms with Crippen molar-refractivity contribution in [2.24, 2.45) is 0 Å². The zero-order chi connectivity index (χ0) is 18.8. The van der Waals surface area contributed by atoms with Gasteiger partial charge in [0.05, 0.1) is 13.7 Å². The number of ether oxygens (including phenoxy) is 2. The van der Waals surface area contributed by atoms with E-state index in [0.29, 0.717) is 6.54 Å². The fourth-order valence-electron chi connectivity index (χ4n) is 3.26. The predicted octanol–water partition coefficient (Wildman–Crippen LogP) is 1.70. The minimum Gasteiger partial charge on any atom is -0.497 e. The molecule has 0 spiro atoms. The topological polar surface area (TPSA) is 45.2 Å². The van der Waals surface area contributed by atoms with Crippen LogP contribution >= 0.6 is 0 Å². The molecule has 0 bridgehead atoms. The highest BCUT2D eigenvalue weighted by Gasteiger charge is 2.20. The number of methoxy groups -OCH3 is 2. The Morgan fingerprint density at radius 2 is 1.88 bits per heavy atom. The monoisotopic (exact) mass is 363 g/mol. The highest BCUT2D eigenvalue weighted by Crippen LogP contribution is 2.14. The average Bonchev–Trinajstić information content (AvgIpc) is 2.88. The van der Waals surface area contributed by atoms with Crippen LogP contribution in [0.25, 0.3) is 0 Å². The first kappa shape index (κ1) is 20.7. The number of likely N-dealkylation sites (N-methyl/N-ethyl adjacent to an activating group) is 1. The Morgan fingerprint density at radius 1 is 1.12 bits per heavy atom. The summed E-state index contributed by atoms with van der Waals surface area (Å²) in [5.41, 5.74) is 1.28. The number of hydrogen-bond donors (Lipinski definition) is 0. The molecule has 0 unspecified atom stereocenters. The first-order valence-corrected chi connectivity index (χ1v) is 9.43. The fourth-order valence-corrected chi connectivity index (χ4v) is 3.26. The first-order chi connectivity index (χ1) is 12.6. The Balaban J connectivity index is 1.76. The van der Waals surface area contributed by atoms with E-state index in [2.05, 4.69) is 21.9 Å². The van der Waals surface area contributed by atoms with Crippen molar-refractivity contribution in [1.82, 2.24) is 14.7 Å². The van der Waals surface area contributed by atoms with Gasteiger partial charge in [-0.25, -0.2) is 0 Å². The Bertz CT molecular complexity index is 536. The van der Waals surface area contributed by atoms with E-state index >= 15 is 0 Å². The molecule has 6 nitrogen and oxygen atoms in total. The highest BCUT2D eigenvalue weighted by molar-refractivity contribution is 5.78. The van der Waals surface area contributed by atoms with Crippen LogP contribution in [0.2, 0.25) is 0 Å². The summed E-state index contributed by atoms with van der Waals surface area (Å²) < 4.78 is 10.3. The van der Waals surface area contributed by atoms with Gasteiger partial charge in [0, 0.05) is 53.0 Å². The molecule has 1 aromatic rings. The third-order valence-corrected chi connectivity index (χ3v) is 4.80. The molecular formula is C20H33N3O3. The summed E-state index contributed by atoms with van der Waals surface area (Å²) in [6.45, 7) is 6.64. The molecule has 0 N–H and O–H groups in total. The molecule has 146 valence electrons. The van der Waals surface area contributed by atoms with Gasteiger partial charge in [-0.3, -0.25) is 14.6 Å². The molecule has 1 amide bonds. The molecule has 0 radical (unpaired) electrons. The van der Waals surface area contributed by atoms with Crippen LogP contribution < -0.4 is 4.74 Å². The molecule has 2 rings (SSSR count). The van der Waals surface area contributed by atoms with Crippen molar-refractivity contribution in [2.45, 2.75) is 19.4 Å². The molecule has 0 saturated carbocycles. The number of carbonyl (C=O) groups is 1. The van der Waals surface area contributed by atoms with Gasteiger partial charge in [0.1, 0.15) is 5.75 Å². The molecule has 0 aromatic heterocycles. The van der Waals surface area contributed by atoms with Gasteiger partial charge in [0.2, 0.25) is 5.91 Å². The van der Waals surface area contributed by atoms with Crippen molar-refractivity contribution in [2.75, 3.05) is 67.1 Å². The first-order valence-electron chi connectivity index (χ1n) is 9.43. The van der Waals surface area contributed by atoms with E-state index in [1.54, 1.807) is 14.2 Å². The summed E-state index contributed by atoms with van der Waals surface area (Å²) in [4.78, 5) is 19.1. The Labute approximate surface area is 157 Å². The molecule has 26 heavy (non-hydrogen) atoms. The van der Waals surface area contributed by atoms with Gasteiger partial charge in [-0.2, -0.15) is 0 Å². The maximum Gasteiger partial charge on any atom is 0.236 e. The van der Waals surface area contributed by atoms with Gasteiger partial charge >= 0.3 is 0 Å². The zero-order valence-electron chi connectivity index (χ0n) is 16.4. The smallest absolute Gasteiger partial charge is 0.236 e. The highest BCUT2D eigenvalue weighted by atomic mass is 16.5. The van der Waals surface area contributed by atoms with Crippen LogP contribution in [0, 0.1) is 0 Å². The van der Waals surface area contributed by atoms with Gasteiger partial charge in [-0.1, -0.05) is 12.1 Å². The van der Waals surface area contributed by atoms with Gasteiger partial charge in [0.15, 0.2) is 0 Å². The quantitative estimate of drug-likeness (QED) is 0.625. The second-order valence-corrected chi connectivity index (χ2v) is 6.94. The lowest BCUT2D eigenvalue weighted by Crippen LogP contribution is -2.41. The molecule has 1 heterocycles. The minimum absolute atomic E-state index is 0.233. The van der Waals surface area contributed by atoms with Gasteiger partial charge in [-0.15, -0.1) is 0 Å². The maximum absolute atomic E-state index is 12.6. The lowest BCUT2D eigenvalue weighted by atomic mass is 10.2. The van der Waals surface area contributed by atoms with Crippen LogP contribution in [0.1, 0.15) is 18.4 Å². The standard InChI is InChI=1S/C20H33N3O3/c1-21(10-5-15-25-2)17-20(24)23-12-4-11-22(13-14-23)16-18-6-8-19(26-3)9-7-18/h6-9H,4-5,10-17H2,1-3H3. The van der Waals surface area contributed by atoms with E-state index in [4.69, 9.17) is 9.47 Å². The Hall–Kier alpha value is -1.63. The second kappa shape index (κ2) is 11.2. The van der Waals surface area contributed by atoms with Crippen LogP contribution in [-0.4, -0.2) is 87.7 Å². The molecule has 1 saturated heterocycles. The number of hydrogen-bond acceptors (Lipinski definition) is 5. The predicted molar refractivity (Wildman–Crippen MR) is 103 cm³/mol. The third-order valence-electron chi connectivity index (χ3n) is 4.80. The summed E-state index contributed by atoms with van der Waals surface area (Å²) in [5, 5.41) is 0. The van der Waals surface area contributed by atoms with E-state index in [-0.39, 0.29) is 5.91 Å². The lowest BCUT2D eigenvalue weighted by Gasteiger charge is -2.24. The number of nitrogens with zero attached hydrogens (tertiary/aromatic N) is 3. The maximum atomic E-state index is 12.6. The van der Waals surface area contributed by atoms with Gasteiger partial charge < -0.3 is 14.4 Å². The van der Waals surface area contributed by atoms with Crippen LogP contribution in [0.4, 0.5) is 0 Å². The van der Waals surface area contributed by atoms with Crippen LogP contribution in [0.5, 0.6) is 5.75 Å². The van der Waals surface area contributed by atoms with E-state index < -0.39 is 0 Å². The van der Waals surface area contributed by atoms with Gasteiger partial charge in [0.25, 0.3) is 0 Å². The Morgan fingerprint density at radius 3 is 2.58 bits per heavy atom. The van der Waals surface area contributed by atoms with E-state index in [1.807, 2.05) is 24.1 Å². The minimum atomic E-state index is 0.233. The number of rotatable bonds is 9. The lowest BCUT2D eigenvalue weighted by molar-refractivity contribution is -0.132. The summed E-state index contributed by atoms with van der Waals surface area (Å²) in [7, 11) is 5.39. The molecule has 1 fully saturated rings. The van der Waals surface area contributed by atoms with E-state index in [0.717, 1.165) is 64.5 Å². The summed E-state index contributed by atoms with van der Waals surface area (Å²) in [6, 6.07) is 8.23. The fraction of sp³-hybridized carbons (Fsp3) is 0.650. The summed E-state index contributed by atoms with van der Waals surface area (Å²) in [5.74, 6) is 1.12. The largest absolute Gasteiger partial charge is 0.497 e. The van der Waals surface area contributed by atoms with Crippen LogP contribution in [-0.2, 0) is 16.1 Å². The molecule has 1 aliphatic rings. The van der Waals surface area contributed by atoms with Gasteiger partial charge in [-0.05, 0) is 37.6 Å². The third kappa shape index (κ3) is 6.94. The molecule has 0 aliphatic carbocycles. The molecule has 6 heteroatoms. The summed E-state index contributed by atoms with van der Waals surface area (Å²) >= 11 is 0. The summed E-state index contributed by atoms with van der Waals surface area (Å²) in [6.07, 6.45) is 1.98. The van der Waals surface area contributed by atoms with Crippen molar-refractivity contribution in [3.8, 4) is 5.75 Å². The van der Waals surface area contributed by atoms with E-state index in [9.17, 15) is 4.79 Å². The van der Waals surface area contributed by atoms with Crippen molar-refractivity contribution >= 4 is 5.91 Å². The van der Waals surface area contributed by atoms with E-state index in [1.165, 1.54) is 5.56 Å². The number of benzene rings is 1. The molecule has 0 atom stereocenters. The average molecular weight is 364 g/mol. The van der Waals surface area contributed by atoms with Crippen molar-refractivity contribution < 1.29 is 14.3 Å². The number of amides is 1. The molecular weight excluding hydrogens is 330 g/mol. The molecule has 1 aromatic carbocycles. The van der Waals surface area contributed by atoms with Crippen LogP contribution in [0.3, 0.4) is 0 Å². The van der Waals surface area contributed by atoms with Crippen LogP contribution in [0.15, 0.2) is 24.3 Å². The SMILES string of the molecule is COCCCN(C)CC(=O)N1CCCN(Cc2ccc(OC)cc2)CC1. The Kier molecular flexibility index (Phi) is 8.88. The number of carbonyl (C=O) groups excluding carboxylic acids is 1.